The summed E-state index contributed by atoms with van der Waals surface area (Å²) in [7, 11) is 0. The van der Waals surface area contributed by atoms with Gasteiger partial charge in [-0.15, -0.1) is 0 Å². The lowest BCUT2D eigenvalue weighted by Gasteiger charge is -2.03. The van der Waals surface area contributed by atoms with E-state index in [0.717, 1.165) is 0 Å². The van der Waals surface area contributed by atoms with E-state index in [-0.39, 0.29) is 5.82 Å². The van der Waals surface area contributed by atoms with Gasteiger partial charge in [0.15, 0.2) is 0 Å². The van der Waals surface area contributed by atoms with E-state index >= 15 is 0 Å². The Morgan fingerprint density at radius 1 is 1.45 bits per heavy atom. The second kappa shape index (κ2) is 2.53. The van der Waals surface area contributed by atoms with Crippen molar-refractivity contribution in [2.24, 2.45) is 4.99 Å². The normalized spacial score (nSPS) is 13.2. The minimum absolute atomic E-state index is 0.214. The lowest BCUT2D eigenvalue weighted by atomic mass is 10.3. The number of thioether (sulfide) groups is 1. The molecule has 0 saturated heterocycles. The highest BCUT2D eigenvalue weighted by Gasteiger charge is 2.08. The van der Waals surface area contributed by atoms with Crippen LogP contribution in [-0.4, -0.2) is 5.87 Å². The van der Waals surface area contributed by atoms with Gasteiger partial charge in [-0.05, 0) is 18.0 Å². The Bertz CT molecular complexity index is 353. The summed E-state index contributed by atoms with van der Waals surface area (Å²) in [4.78, 5) is 4.48. The number of fused-ring (bicyclic) bond motifs is 1. The number of hydrogen-bond acceptors (Lipinski definition) is 2. The molecule has 1 aliphatic rings. The first-order valence-corrected chi connectivity index (χ1v) is 3.99. The van der Waals surface area contributed by atoms with Gasteiger partial charge < -0.3 is 0 Å². The largest absolute Gasteiger partial charge is 0.206 e. The molecule has 0 aromatic heterocycles. The molecular formula is C8H4FNS. The van der Waals surface area contributed by atoms with Gasteiger partial charge in [0.1, 0.15) is 5.82 Å². The molecule has 1 nitrogen and oxygen atoms in total. The third-order valence-corrected chi connectivity index (χ3v) is 2.22. The number of halogens is 1. The van der Waals surface area contributed by atoms with Crippen molar-refractivity contribution in [3.8, 4) is 0 Å². The lowest BCUT2D eigenvalue weighted by molar-refractivity contribution is 0.603. The van der Waals surface area contributed by atoms with Gasteiger partial charge in [-0.3, -0.25) is 0 Å². The van der Waals surface area contributed by atoms with E-state index < -0.39 is 0 Å². The van der Waals surface area contributed by atoms with Crippen molar-refractivity contribution in [1.29, 1.82) is 0 Å². The summed E-state index contributed by atoms with van der Waals surface area (Å²) in [6, 6.07) is 4.84. The maximum atomic E-state index is 12.9. The summed E-state index contributed by atoms with van der Waals surface area (Å²) in [5, 5.41) is 1.64. The topological polar surface area (TPSA) is 12.4 Å². The molecule has 0 saturated carbocycles. The Morgan fingerprint density at radius 3 is 3.18 bits per heavy atom. The summed E-state index contributed by atoms with van der Waals surface area (Å²) in [6.07, 6.45) is 0. The van der Waals surface area contributed by atoms with Gasteiger partial charge in [-0.1, -0.05) is 17.8 Å². The molecule has 0 atom stereocenters. The molecule has 2 rings (SSSR count). The Hall–Kier alpha value is -1.05. The van der Waals surface area contributed by atoms with E-state index in [1.54, 1.807) is 17.5 Å². The second-order valence-electron chi connectivity index (χ2n) is 2.06. The SMILES string of the molecule is Fc1cccc2c1SC=C=N2. The average molecular weight is 165 g/mol. The van der Waals surface area contributed by atoms with Gasteiger partial charge >= 0.3 is 0 Å². The molecule has 0 aliphatic carbocycles. The number of nitrogens with zero attached hydrogens (tertiary/aromatic N) is 1. The molecule has 0 spiro atoms. The van der Waals surface area contributed by atoms with Gasteiger partial charge in [-0.2, -0.15) is 0 Å². The molecule has 0 N–H and O–H groups in total. The molecule has 0 fully saturated rings. The fourth-order valence-electron chi connectivity index (χ4n) is 0.883. The Balaban J connectivity index is 2.67. The van der Waals surface area contributed by atoms with Crippen LogP contribution in [0, 0.1) is 5.82 Å². The van der Waals surface area contributed by atoms with E-state index in [9.17, 15) is 4.39 Å². The van der Waals surface area contributed by atoms with Crippen molar-refractivity contribution >= 4 is 23.3 Å². The van der Waals surface area contributed by atoms with Crippen molar-refractivity contribution in [2.75, 3.05) is 0 Å². The first-order chi connectivity index (χ1) is 5.38. The predicted molar refractivity (Wildman–Crippen MR) is 43.9 cm³/mol. The van der Waals surface area contributed by atoms with Gasteiger partial charge in [-0.25, -0.2) is 9.38 Å². The van der Waals surface area contributed by atoms with Gasteiger partial charge in [0.05, 0.1) is 10.6 Å². The van der Waals surface area contributed by atoms with Crippen molar-refractivity contribution in [2.45, 2.75) is 4.90 Å². The molecular weight excluding hydrogens is 161 g/mol. The zero-order chi connectivity index (χ0) is 7.68. The van der Waals surface area contributed by atoms with E-state index in [0.29, 0.717) is 10.6 Å². The van der Waals surface area contributed by atoms with Crippen LogP contribution in [0.15, 0.2) is 33.5 Å². The lowest BCUT2D eigenvalue weighted by Crippen LogP contribution is -1.82. The van der Waals surface area contributed by atoms with Crippen molar-refractivity contribution < 1.29 is 4.39 Å². The Morgan fingerprint density at radius 2 is 2.36 bits per heavy atom. The predicted octanol–water partition coefficient (Wildman–Crippen LogP) is 2.75. The van der Waals surface area contributed by atoms with Crippen LogP contribution in [0.1, 0.15) is 0 Å². The zero-order valence-electron chi connectivity index (χ0n) is 5.54. The summed E-state index contributed by atoms with van der Waals surface area (Å²) < 4.78 is 12.9. The molecule has 3 heteroatoms. The highest BCUT2D eigenvalue weighted by atomic mass is 32.2. The molecule has 0 radical (unpaired) electrons. The fourth-order valence-corrected chi connectivity index (χ4v) is 1.52. The van der Waals surface area contributed by atoms with E-state index in [1.807, 2.05) is 0 Å². The smallest absolute Gasteiger partial charge is 0.139 e. The summed E-state index contributed by atoms with van der Waals surface area (Å²) in [5.41, 5.74) is 0.664. The quantitative estimate of drug-likeness (QED) is 0.575. The molecule has 0 amide bonds. The number of benzene rings is 1. The van der Waals surface area contributed by atoms with E-state index in [2.05, 4.69) is 10.9 Å². The van der Waals surface area contributed by atoms with Crippen LogP contribution in [0.25, 0.3) is 0 Å². The van der Waals surface area contributed by atoms with Crippen molar-refractivity contribution in [1.82, 2.24) is 0 Å². The summed E-state index contributed by atoms with van der Waals surface area (Å²) >= 11 is 1.31. The van der Waals surface area contributed by atoms with Gasteiger partial charge in [0.2, 0.25) is 0 Å². The third-order valence-electron chi connectivity index (χ3n) is 1.36. The molecule has 0 unspecified atom stereocenters. The minimum Gasteiger partial charge on any atom is -0.206 e. The standard InChI is InChI=1S/C8H4FNS/c9-6-2-1-3-7-8(6)11-5-4-10-7/h1-3,5H. The third kappa shape index (κ3) is 1.09. The average Bonchev–Trinajstić information content (AvgIpc) is 2.06. The van der Waals surface area contributed by atoms with Crippen LogP contribution in [0.3, 0.4) is 0 Å². The molecule has 11 heavy (non-hydrogen) atoms. The summed E-state index contributed by atoms with van der Waals surface area (Å²) in [5.74, 6) is 2.45. The highest BCUT2D eigenvalue weighted by Crippen LogP contribution is 2.33. The summed E-state index contributed by atoms with van der Waals surface area (Å²) in [6.45, 7) is 0. The van der Waals surface area contributed by atoms with E-state index in [1.165, 1.54) is 17.8 Å². The first kappa shape index (κ1) is 6.65. The van der Waals surface area contributed by atoms with Gasteiger partial charge in [0.25, 0.3) is 0 Å². The monoisotopic (exact) mass is 165 g/mol. The molecule has 1 aromatic carbocycles. The maximum Gasteiger partial charge on any atom is 0.139 e. The fraction of sp³-hybridized carbons (Fsp3) is 0. The van der Waals surface area contributed by atoms with Crippen LogP contribution < -0.4 is 0 Å². The molecule has 1 aliphatic heterocycles. The molecule has 0 bridgehead atoms. The zero-order valence-corrected chi connectivity index (χ0v) is 6.36. The Labute approximate surface area is 67.6 Å². The minimum atomic E-state index is -0.214. The number of rotatable bonds is 0. The van der Waals surface area contributed by atoms with Gasteiger partial charge in [0, 0.05) is 5.41 Å². The molecule has 54 valence electrons. The first-order valence-electron chi connectivity index (χ1n) is 3.11. The maximum absolute atomic E-state index is 12.9. The van der Waals surface area contributed by atoms with Crippen molar-refractivity contribution in [3.63, 3.8) is 0 Å². The molecule has 1 aromatic rings. The number of hydrogen-bond donors (Lipinski definition) is 0. The van der Waals surface area contributed by atoms with Crippen LogP contribution >= 0.6 is 11.8 Å². The van der Waals surface area contributed by atoms with E-state index in [4.69, 9.17) is 0 Å². The highest BCUT2D eigenvalue weighted by molar-refractivity contribution is 8.02. The van der Waals surface area contributed by atoms with Crippen LogP contribution in [0.5, 0.6) is 0 Å². The van der Waals surface area contributed by atoms with Crippen LogP contribution in [0.4, 0.5) is 10.1 Å². The number of aliphatic imine (C=N–C) groups is 1. The van der Waals surface area contributed by atoms with Crippen LogP contribution in [-0.2, 0) is 0 Å². The van der Waals surface area contributed by atoms with Crippen molar-refractivity contribution in [3.05, 3.63) is 29.4 Å². The Kier molecular flexibility index (Phi) is 1.53. The molecule has 1 heterocycles. The second-order valence-corrected chi connectivity index (χ2v) is 2.94. The van der Waals surface area contributed by atoms with Crippen LogP contribution in [0.2, 0.25) is 0 Å².